The van der Waals surface area contributed by atoms with E-state index < -0.39 is 0 Å². The van der Waals surface area contributed by atoms with Crippen molar-refractivity contribution < 1.29 is 0 Å². The Morgan fingerprint density at radius 3 is 1.94 bits per heavy atom. The maximum Gasteiger partial charge on any atom is 0.00966 e. The summed E-state index contributed by atoms with van der Waals surface area (Å²) in [5.41, 5.74) is 0. The van der Waals surface area contributed by atoms with Crippen molar-refractivity contribution in [1.82, 2.24) is 10.2 Å². The highest BCUT2D eigenvalue weighted by molar-refractivity contribution is 4.88. The van der Waals surface area contributed by atoms with E-state index in [1.54, 1.807) is 0 Å². The van der Waals surface area contributed by atoms with E-state index in [9.17, 15) is 0 Å². The summed E-state index contributed by atoms with van der Waals surface area (Å²) in [6.07, 6.45) is 10.3. The quantitative estimate of drug-likeness (QED) is 0.767. The number of piperidine rings is 1. The van der Waals surface area contributed by atoms with Crippen molar-refractivity contribution in [1.29, 1.82) is 0 Å². The maximum atomic E-state index is 3.48. The average molecular weight is 222 g/mol. The molecule has 0 spiro atoms. The van der Waals surface area contributed by atoms with Crippen LogP contribution in [0.5, 0.6) is 0 Å². The van der Waals surface area contributed by atoms with Gasteiger partial charge in [-0.25, -0.2) is 0 Å². The van der Waals surface area contributed by atoms with Crippen molar-refractivity contribution in [3.8, 4) is 0 Å². The van der Waals surface area contributed by atoms with Crippen molar-refractivity contribution in [3.05, 3.63) is 0 Å². The molecule has 2 aliphatic carbocycles. The number of hydrogen-bond acceptors (Lipinski definition) is 2. The smallest absolute Gasteiger partial charge is 0.00966 e. The van der Waals surface area contributed by atoms with Crippen LogP contribution in [0.3, 0.4) is 0 Å². The second-order valence-electron chi connectivity index (χ2n) is 6.18. The van der Waals surface area contributed by atoms with Crippen LogP contribution in [-0.4, -0.2) is 37.1 Å². The molecule has 0 atom stereocenters. The molecule has 1 N–H and O–H groups in total. The lowest BCUT2D eigenvalue weighted by atomic mass is 9.84. The summed E-state index contributed by atoms with van der Waals surface area (Å²) in [5.74, 6) is 2.05. The van der Waals surface area contributed by atoms with Gasteiger partial charge in [-0.1, -0.05) is 6.42 Å². The van der Waals surface area contributed by atoms with Gasteiger partial charge in [0.05, 0.1) is 0 Å². The monoisotopic (exact) mass is 222 g/mol. The van der Waals surface area contributed by atoms with Crippen molar-refractivity contribution in [2.45, 2.75) is 51.0 Å². The van der Waals surface area contributed by atoms with Crippen LogP contribution in [0.4, 0.5) is 0 Å². The molecule has 3 rings (SSSR count). The summed E-state index contributed by atoms with van der Waals surface area (Å²) in [4.78, 5) is 2.85. The van der Waals surface area contributed by atoms with Crippen LogP contribution in [0.15, 0.2) is 0 Å². The molecule has 3 aliphatic rings. The molecule has 2 saturated carbocycles. The summed E-state index contributed by atoms with van der Waals surface area (Å²) in [6.45, 7) is 5.34. The molecule has 2 heteroatoms. The lowest BCUT2D eigenvalue weighted by molar-refractivity contribution is 0.140. The highest BCUT2D eigenvalue weighted by Gasteiger charge is 2.33. The number of rotatable bonds is 5. The maximum absolute atomic E-state index is 3.48. The van der Waals surface area contributed by atoms with Crippen LogP contribution in [0.25, 0.3) is 0 Å². The lowest BCUT2D eigenvalue weighted by Crippen LogP contribution is -2.40. The second kappa shape index (κ2) is 5.05. The predicted octanol–water partition coefficient (Wildman–Crippen LogP) is 2.25. The largest absolute Gasteiger partial charge is 0.317 e. The van der Waals surface area contributed by atoms with Crippen LogP contribution in [0.2, 0.25) is 0 Å². The lowest BCUT2D eigenvalue weighted by Gasteiger charge is -2.35. The van der Waals surface area contributed by atoms with E-state index in [1.807, 2.05) is 0 Å². The van der Waals surface area contributed by atoms with Gasteiger partial charge in [0.2, 0.25) is 0 Å². The van der Waals surface area contributed by atoms with Gasteiger partial charge in [0.1, 0.15) is 0 Å². The summed E-state index contributed by atoms with van der Waals surface area (Å²) < 4.78 is 0. The molecule has 3 fully saturated rings. The van der Waals surface area contributed by atoms with E-state index in [0.717, 1.165) is 17.9 Å². The molecule has 1 saturated heterocycles. The standard InChI is InChI=1S/C14H26N2/c1-2-12(3-1)10-16(14-4-5-14)11-13-6-8-15-9-7-13/h12-15H,1-11H2. The SMILES string of the molecule is C1CC(CN(CC2CCNCC2)C2CC2)C1. The molecule has 0 aromatic heterocycles. The zero-order chi connectivity index (χ0) is 10.8. The van der Waals surface area contributed by atoms with E-state index in [2.05, 4.69) is 10.2 Å². The number of hydrogen-bond donors (Lipinski definition) is 1. The molecule has 0 amide bonds. The first-order valence-electron chi connectivity index (χ1n) is 7.36. The predicted molar refractivity (Wildman–Crippen MR) is 67.5 cm³/mol. The highest BCUT2D eigenvalue weighted by atomic mass is 15.2. The fourth-order valence-electron chi connectivity index (χ4n) is 3.22. The van der Waals surface area contributed by atoms with E-state index >= 15 is 0 Å². The van der Waals surface area contributed by atoms with Crippen LogP contribution in [0.1, 0.15) is 44.9 Å². The molecule has 0 bridgehead atoms. The number of nitrogens with zero attached hydrogens (tertiary/aromatic N) is 1. The first kappa shape index (κ1) is 11.0. The van der Waals surface area contributed by atoms with Crippen molar-refractivity contribution >= 4 is 0 Å². The molecule has 0 aromatic rings. The molecular formula is C14H26N2. The van der Waals surface area contributed by atoms with Gasteiger partial charge in [0.25, 0.3) is 0 Å². The van der Waals surface area contributed by atoms with Gasteiger partial charge < -0.3 is 5.32 Å². The van der Waals surface area contributed by atoms with Crippen molar-refractivity contribution in [2.75, 3.05) is 26.2 Å². The molecule has 0 unspecified atom stereocenters. The molecule has 16 heavy (non-hydrogen) atoms. The minimum absolute atomic E-state index is 0.982. The van der Waals surface area contributed by atoms with Gasteiger partial charge in [0, 0.05) is 19.1 Å². The Morgan fingerprint density at radius 2 is 1.44 bits per heavy atom. The van der Waals surface area contributed by atoms with E-state index in [1.165, 1.54) is 71.1 Å². The zero-order valence-electron chi connectivity index (χ0n) is 10.5. The summed E-state index contributed by atoms with van der Waals surface area (Å²) in [6, 6.07) is 0.982. The molecular weight excluding hydrogens is 196 g/mol. The summed E-state index contributed by atoms with van der Waals surface area (Å²) in [5, 5.41) is 3.48. The Hall–Kier alpha value is -0.0800. The first-order valence-corrected chi connectivity index (χ1v) is 7.36. The molecule has 2 nitrogen and oxygen atoms in total. The van der Waals surface area contributed by atoms with Gasteiger partial charge in [-0.2, -0.15) is 0 Å². The molecule has 92 valence electrons. The Bertz CT molecular complexity index is 215. The minimum Gasteiger partial charge on any atom is -0.317 e. The van der Waals surface area contributed by atoms with Gasteiger partial charge in [-0.15, -0.1) is 0 Å². The van der Waals surface area contributed by atoms with Crippen LogP contribution in [0, 0.1) is 11.8 Å². The highest BCUT2D eigenvalue weighted by Crippen LogP contribution is 2.34. The third-order valence-electron chi connectivity index (χ3n) is 4.73. The normalized spacial score (nSPS) is 28.3. The molecule has 0 aromatic carbocycles. The Kier molecular flexibility index (Phi) is 3.49. The van der Waals surface area contributed by atoms with E-state index in [4.69, 9.17) is 0 Å². The fourth-order valence-corrected chi connectivity index (χ4v) is 3.22. The molecule has 1 aliphatic heterocycles. The van der Waals surface area contributed by atoms with Crippen molar-refractivity contribution in [2.24, 2.45) is 11.8 Å². The summed E-state index contributed by atoms with van der Waals surface area (Å²) in [7, 11) is 0. The number of nitrogens with one attached hydrogen (secondary N) is 1. The van der Waals surface area contributed by atoms with Gasteiger partial charge in [-0.05, 0) is 63.5 Å². The Morgan fingerprint density at radius 1 is 0.812 bits per heavy atom. The van der Waals surface area contributed by atoms with E-state index in [0.29, 0.717) is 0 Å². The van der Waals surface area contributed by atoms with Crippen molar-refractivity contribution in [3.63, 3.8) is 0 Å². The average Bonchev–Trinajstić information content (AvgIpc) is 3.07. The van der Waals surface area contributed by atoms with Crippen LogP contribution in [-0.2, 0) is 0 Å². The second-order valence-corrected chi connectivity index (χ2v) is 6.18. The first-order chi connectivity index (χ1) is 7.92. The molecule has 0 radical (unpaired) electrons. The zero-order valence-corrected chi connectivity index (χ0v) is 10.5. The van der Waals surface area contributed by atoms with Gasteiger partial charge in [-0.3, -0.25) is 4.90 Å². The van der Waals surface area contributed by atoms with Gasteiger partial charge in [0.15, 0.2) is 0 Å². The third-order valence-corrected chi connectivity index (χ3v) is 4.73. The summed E-state index contributed by atoms with van der Waals surface area (Å²) >= 11 is 0. The van der Waals surface area contributed by atoms with E-state index in [-0.39, 0.29) is 0 Å². The fraction of sp³-hybridized carbons (Fsp3) is 1.00. The Labute approximate surface area is 99.8 Å². The van der Waals surface area contributed by atoms with Gasteiger partial charge >= 0.3 is 0 Å². The third kappa shape index (κ3) is 2.78. The minimum atomic E-state index is 0.982. The Balaban J connectivity index is 1.47. The van der Waals surface area contributed by atoms with Crippen LogP contribution >= 0.6 is 0 Å². The molecule has 1 heterocycles. The topological polar surface area (TPSA) is 15.3 Å². The van der Waals surface area contributed by atoms with Crippen LogP contribution < -0.4 is 5.32 Å².